The normalized spacial score (nSPS) is 13.3. The Morgan fingerprint density at radius 3 is 2.24 bits per heavy atom. The van der Waals surface area contributed by atoms with Crippen molar-refractivity contribution in [1.29, 1.82) is 0 Å². The summed E-state index contributed by atoms with van der Waals surface area (Å²) < 4.78 is 64.9. The predicted molar refractivity (Wildman–Crippen MR) is 66.6 cm³/mol. The van der Waals surface area contributed by atoms with E-state index in [1.807, 2.05) is 0 Å². The molecule has 2 aromatic rings. The van der Waals surface area contributed by atoms with Gasteiger partial charge in [-0.1, -0.05) is 6.07 Å². The van der Waals surface area contributed by atoms with Crippen LogP contribution in [0.3, 0.4) is 0 Å². The second-order valence-electron chi connectivity index (χ2n) is 4.70. The van der Waals surface area contributed by atoms with Gasteiger partial charge in [-0.25, -0.2) is 8.78 Å². The Bertz CT molecular complexity index is 643. The minimum Gasteiger partial charge on any atom is -0.384 e. The molecule has 0 aliphatic carbocycles. The molecular formula is C15H11F5O. The minimum atomic E-state index is -4.65. The van der Waals surface area contributed by atoms with Crippen LogP contribution in [0.1, 0.15) is 28.4 Å². The van der Waals surface area contributed by atoms with Crippen molar-refractivity contribution in [1.82, 2.24) is 0 Å². The van der Waals surface area contributed by atoms with Gasteiger partial charge < -0.3 is 5.11 Å². The van der Waals surface area contributed by atoms with E-state index in [2.05, 4.69) is 0 Å². The fraction of sp³-hybridized carbons (Fsp3) is 0.200. The van der Waals surface area contributed by atoms with Gasteiger partial charge in [-0.05, 0) is 48.4 Å². The lowest BCUT2D eigenvalue weighted by Crippen LogP contribution is -2.09. The largest absolute Gasteiger partial charge is 0.416 e. The second-order valence-corrected chi connectivity index (χ2v) is 4.70. The lowest BCUT2D eigenvalue weighted by atomic mass is 9.97. The average Bonchev–Trinajstić information content (AvgIpc) is 2.36. The van der Waals surface area contributed by atoms with E-state index in [0.717, 1.165) is 6.07 Å². The molecule has 0 amide bonds. The van der Waals surface area contributed by atoms with Gasteiger partial charge in [0.15, 0.2) is 0 Å². The molecule has 0 fully saturated rings. The Morgan fingerprint density at radius 2 is 1.67 bits per heavy atom. The van der Waals surface area contributed by atoms with Gasteiger partial charge in [-0.2, -0.15) is 13.2 Å². The Morgan fingerprint density at radius 1 is 1.00 bits per heavy atom. The van der Waals surface area contributed by atoms with E-state index in [-0.39, 0.29) is 5.56 Å². The van der Waals surface area contributed by atoms with Crippen molar-refractivity contribution in [2.45, 2.75) is 19.2 Å². The van der Waals surface area contributed by atoms with Gasteiger partial charge in [-0.3, -0.25) is 0 Å². The van der Waals surface area contributed by atoms with Crippen LogP contribution < -0.4 is 0 Å². The SMILES string of the molecule is Cc1cc(F)cc(C(O)c2cc(C(F)(F)F)ccc2F)c1. The van der Waals surface area contributed by atoms with Crippen LogP contribution in [0.2, 0.25) is 0 Å². The van der Waals surface area contributed by atoms with E-state index >= 15 is 0 Å². The van der Waals surface area contributed by atoms with Crippen molar-refractivity contribution < 1.29 is 27.1 Å². The highest BCUT2D eigenvalue weighted by molar-refractivity contribution is 5.36. The van der Waals surface area contributed by atoms with Crippen molar-refractivity contribution in [2.75, 3.05) is 0 Å². The van der Waals surface area contributed by atoms with E-state index in [9.17, 15) is 27.1 Å². The summed E-state index contributed by atoms with van der Waals surface area (Å²) in [7, 11) is 0. The summed E-state index contributed by atoms with van der Waals surface area (Å²) in [6.45, 7) is 1.56. The van der Waals surface area contributed by atoms with Crippen LogP contribution in [-0.4, -0.2) is 5.11 Å². The predicted octanol–water partition coefficient (Wildman–Crippen LogP) is 4.37. The highest BCUT2D eigenvalue weighted by Crippen LogP contribution is 2.33. The topological polar surface area (TPSA) is 20.2 Å². The Kier molecular flexibility index (Phi) is 4.00. The van der Waals surface area contributed by atoms with Gasteiger partial charge in [0.05, 0.1) is 5.56 Å². The average molecular weight is 302 g/mol. The lowest BCUT2D eigenvalue weighted by Gasteiger charge is -2.15. The van der Waals surface area contributed by atoms with Gasteiger partial charge >= 0.3 is 6.18 Å². The molecule has 0 bridgehead atoms. The van der Waals surface area contributed by atoms with Crippen molar-refractivity contribution in [3.05, 3.63) is 70.3 Å². The van der Waals surface area contributed by atoms with Crippen LogP contribution in [0.15, 0.2) is 36.4 Å². The summed E-state index contributed by atoms with van der Waals surface area (Å²) in [6.07, 6.45) is -6.33. The van der Waals surface area contributed by atoms with Gasteiger partial charge in [0.25, 0.3) is 0 Å². The molecule has 2 aromatic carbocycles. The molecule has 0 aliphatic heterocycles. The molecule has 1 N–H and O–H groups in total. The first-order valence-electron chi connectivity index (χ1n) is 6.00. The molecule has 2 rings (SSSR count). The minimum absolute atomic E-state index is 0.00859. The molecule has 6 heteroatoms. The fourth-order valence-electron chi connectivity index (χ4n) is 2.03. The Hall–Kier alpha value is -1.95. The van der Waals surface area contributed by atoms with Gasteiger partial charge in [0, 0.05) is 5.56 Å². The highest BCUT2D eigenvalue weighted by Gasteiger charge is 2.32. The molecule has 0 saturated heterocycles. The molecule has 0 spiro atoms. The van der Waals surface area contributed by atoms with Crippen molar-refractivity contribution >= 4 is 0 Å². The summed E-state index contributed by atoms with van der Waals surface area (Å²) in [5.41, 5.74) is -1.16. The second kappa shape index (κ2) is 5.44. The van der Waals surface area contributed by atoms with E-state index in [1.54, 1.807) is 6.92 Å². The van der Waals surface area contributed by atoms with E-state index < -0.39 is 35.0 Å². The first-order valence-corrected chi connectivity index (χ1v) is 6.00. The molecule has 0 radical (unpaired) electrons. The molecule has 1 unspecified atom stereocenters. The zero-order chi connectivity index (χ0) is 15.8. The van der Waals surface area contributed by atoms with Crippen LogP contribution in [0, 0.1) is 18.6 Å². The van der Waals surface area contributed by atoms with Crippen LogP contribution in [-0.2, 0) is 6.18 Å². The maximum atomic E-state index is 13.7. The highest BCUT2D eigenvalue weighted by atomic mass is 19.4. The van der Waals surface area contributed by atoms with Crippen molar-refractivity contribution in [3.8, 4) is 0 Å². The standard InChI is InChI=1S/C15H11F5O/c1-8-4-9(6-11(16)5-8)14(21)12-7-10(15(18,19)20)2-3-13(12)17/h2-7,14,21H,1H3. The number of hydrogen-bond donors (Lipinski definition) is 1. The van der Waals surface area contributed by atoms with Gasteiger partial charge in [0.1, 0.15) is 17.7 Å². The van der Waals surface area contributed by atoms with Crippen molar-refractivity contribution in [2.24, 2.45) is 0 Å². The monoisotopic (exact) mass is 302 g/mol. The maximum Gasteiger partial charge on any atom is 0.416 e. The van der Waals surface area contributed by atoms with Crippen LogP contribution >= 0.6 is 0 Å². The summed E-state index contributed by atoms with van der Waals surface area (Å²) in [6, 6.07) is 5.28. The summed E-state index contributed by atoms with van der Waals surface area (Å²) in [5.74, 6) is -1.64. The molecule has 1 atom stereocenters. The lowest BCUT2D eigenvalue weighted by molar-refractivity contribution is -0.137. The maximum absolute atomic E-state index is 13.7. The first kappa shape index (κ1) is 15.4. The number of aliphatic hydroxyl groups excluding tert-OH is 1. The quantitative estimate of drug-likeness (QED) is 0.817. The molecule has 0 aromatic heterocycles. The van der Waals surface area contributed by atoms with Crippen LogP contribution in [0.25, 0.3) is 0 Å². The van der Waals surface area contributed by atoms with Crippen LogP contribution in [0.4, 0.5) is 22.0 Å². The number of benzene rings is 2. The number of rotatable bonds is 2. The zero-order valence-corrected chi connectivity index (χ0v) is 10.9. The molecule has 1 nitrogen and oxygen atoms in total. The van der Waals surface area contributed by atoms with Crippen LogP contribution in [0.5, 0.6) is 0 Å². The first-order chi connectivity index (χ1) is 9.68. The van der Waals surface area contributed by atoms with E-state index in [0.29, 0.717) is 23.8 Å². The van der Waals surface area contributed by atoms with Gasteiger partial charge in [-0.15, -0.1) is 0 Å². The molecule has 0 heterocycles. The molecule has 21 heavy (non-hydrogen) atoms. The number of halogens is 5. The van der Waals surface area contributed by atoms with E-state index in [4.69, 9.17) is 0 Å². The summed E-state index contributed by atoms with van der Waals surface area (Å²) in [5, 5.41) is 10.0. The van der Waals surface area contributed by atoms with Gasteiger partial charge in [0.2, 0.25) is 0 Å². The summed E-state index contributed by atoms with van der Waals surface area (Å²) in [4.78, 5) is 0. The molecule has 0 saturated carbocycles. The zero-order valence-electron chi connectivity index (χ0n) is 10.9. The Balaban J connectivity index is 2.49. The third-order valence-corrected chi connectivity index (χ3v) is 3.00. The van der Waals surface area contributed by atoms with E-state index in [1.165, 1.54) is 12.1 Å². The third-order valence-electron chi connectivity index (χ3n) is 3.00. The number of hydrogen-bond acceptors (Lipinski definition) is 1. The smallest absolute Gasteiger partial charge is 0.384 e. The number of alkyl halides is 3. The third kappa shape index (κ3) is 3.39. The summed E-state index contributed by atoms with van der Waals surface area (Å²) >= 11 is 0. The fourth-order valence-corrected chi connectivity index (χ4v) is 2.03. The molecular weight excluding hydrogens is 291 g/mol. The van der Waals surface area contributed by atoms with Crippen molar-refractivity contribution in [3.63, 3.8) is 0 Å². The Labute approximate surface area is 117 Å². The molecule has 0 aliphatic rings. The number of aliphatic hydroxyl groups is 1. The number of aryl methyl sites for hydroxylation is 1. The molecule has 112 valence electrons.